The summed E-state index contributed by atoms with van der Waals surface area (Å²) < 4.78 is 0. The van der Waals surface area contributed by atoms with Gasteiger partial charge in [0.1, 0.15) is 0 Å². The fourth-order valence-electron chi connectivity index (χ4n) is 1.21. The SMILES string of the molecule is CNC(CNC(C)=O)c1cccnc1. The van der Waals surface area contributed by atoms with Gasteiger partial charge in [-0.1, -0.05) is 6.07 Å². The molecule has 0 aliphatic heterocycles. The van der Waals surface area contributed by atoms with Gasteiger partial charge in [-0.25, -0.2) is 0 Å². The van der Waals surface area contributed by atoms with Gasteiger partial charge in [0.15, 0.2) is 0 Å². The molecule has 1 heterocycles. The number of likely N-dealkylation sites (N-methyl/N-ethyl adjacent to an activating group) is 1. The number of nitrogens with one attached hydrogen (secondary N) is 2. The Kier molecular flexibility index (Phi) is 4.07. The second-order valence-electron chi connectivity index (χ2n) is 3.06. The molecule has 0 aliphatic rings. The lowest BCUT2D eigenvalue weighted by Crippen LogP contribution is -2.32. The van der Waals surface area contributed by atoms with Crippen LogP contribution in [0.1, 0.15) is 18.5 Å². The van der Waals surface area contributed by atoms with E-state index in [2.05, 4.69) is 15.6 Å². The van der Waals surface area contributed by atoms with Crippen molar-refractivity contribution in [3.63, 3.8) is 0 Å². The van der Waals surface area contributed by atoms with Crippen LogP contribution >= 0.6 is 0 Å². The van der Waals surface area contributed by atoms with Crippen molar-refractivity contribution in [3.8, 4) is 0 Å². The molecule has 1 atom stereocenters. The van der Waals surface area contributed by atoms with Gasteiger partial charge in [0.2, 0.25) is 5.91 Å². The molecular formula is C10H15N3O. The number of carbonyl (C=O) groups is 1. The molecule has 0 saturated carbocycles. The third-order valence-corrected chi connectivity index (χ3v) is 1.99. The Balaban J connectivity index is 2.58. The smallest absolute Gasteiger partial charge is 0.216 e. The number of hydrogen-bond acceptors (Lipinski definition) is 3. The van der Waals surface area contributed by atoms with Crippen LogP contribution in [0.4, 0.5) is 0 Å². The van der Waals surface area contributed by atoms with E-state index in [9.17, 15) is 4.79 Å². The van der Waals surface area contributed by atoms with Gasteiger partial charge in [-0.15, -0.1) is 0 Å². The molecule has 1 aromatic rings. The van der Waals surface area contributed by atoms with Crippen molar-refractivity contribution in [2.45, 2.75) is 13.0 Å². The molecule has 14 heavy (non-hydrogen) atoms. The summed E-state index contributed by atoms with van der Waals surface area (Å²) in [5.74, 6) is -0.0193. The number of aromatic nitrogens is 1. The van der Waals surface area contributed by atoms with Gasteiger partial charge < -0.3 is 10.6 Å². The van der Waals surface area contributed by atoms with Crippen LogP contribution in [0.5, 0.6) is 0 Å². The number of carbonyl (C=O) groups excluding carboxylic acids is 1. The topological polar surface area (TPSA) is 54.0 Å². The van der Waals surface area contributed by atoms with E-state index >= 15 is 0 Å². The third-order valence-electron chi connectivity index (χ3n) is 1.99. The van der Waals surface area contributed by atoms with Crippen LogP contribution < -0.4 is 10.6 Å². The molecular weight excluding hydrogens is 178 g/mol. The molecule has 0 saturated heterocycles. The summed E-state index contributed by atoms with van der Waals surface area (Å²) in [5, 5.41) is 5.88. The molecule has 0 aliphatic carbocycles. The number of amides is 1. The average molecular weight is 193 g/mol. The fraction of sp³-hybridized carbons (Fsp3) is 0.400. The number of hydrogen-bond donors (Lipinski definition) is 2. The van der Waals surface area contributed by atoms with E-state index in [4.69, 9.17) is 0 Å². The van der Waals surface area contributed by atoms with Crippen molar-refractivity contribution in [3.05, 3.63) is 30.1 Å². The van der Waals surface area contributed by atoms with Crippen molar-refractivity contribution in [2.24, 2.45) is 0 Å². The second kappa shape index (κ2) is 5.34. The molecule has 0 fully saturated rings. The lowest BCUT2D eigenvalue weighted by molar-refractivity contribution is -0.119. The number of nitrogens with zero attached hydrogens (tertiary/aromatic N) is 1. The maximum atomic E-state index is 10.7. The maximum absolute atomic E-state index is 10.7. The Labute approximate surface area is 83.7 Å². The minimum absolute atomic E-state index is 0.0193. The zero-order valence-corrected chi connectivity index (χ0v) is 8.45. The first-order valence-corrected chi connectivity index (χ1v) is 4.55. The van der Waals surface area contributed by atoms with Gasteiger partial charge in [-0.3, -0.25) is 9.78 Å². The Hall–Kier alpha value is -1.42. The highest BCUT2D eigenvalue weighted by molar-refractivity contribution is 5.72. The van der Waals surface area contributed by atoms with Crippen LogP contribution in [0.25, 0.3) is 0 Å². The molecule has 4 heteroatoms. The van der Waals surface area contributed by atoms with Crippen LogP contribution in [-0.4, -0.2) is 24.5 Å². The summed E-state index contributed by atoms with van der Waals surface area (Å²) in [6.07, 6.45) is 3.53. The minimum Gasteiger partial charge on any atom is -0.354 e. The van der Waals surface area contributed by atoms with Crippen LogP contribution in [0.15, 0.2) is 24.5 Å². The van der Waals surface area contributed by atoms with E-state index < -0.39 is 0 Å². The molecule has 0 radical (unpaired) electrons. The summed E-state index contributed by atoms with van der Waals surface area (Å²) in [6.45, 7) is 2.09. The van der Waals surface area contributed by atoms with Gasteiger partial charge in [-0.2, -0.15) is 0 Å². The average Bonchev–Trinajstić information content (AvgIpc) is 2.20. The first-order chi connectivity index (χ1) is 6.74. The highest BCUT2D eigenvalue weighted by Gasteiger charge is 2.08. The molecule has 1 aromatic heterocycles. The van der Waals surface area contributed by atoms with Gasteiger partial charge in [0.05, 0.1) is 6.04 Å². The predicted molar refractivity (Wildman–Crippen MR) is 54.7 cm³/mol. The van der Waals surface area contributed by atoms with Gasteiger partial charge in [-0.05, 0) is 18.7 Å². The Morgan fingerprint density at radius 1 is 1.64 bits per heavy atom. The van der Waals surface area contributed by atoms with E-state index in [-0.39, 0.29) is 11.9 Å². The van der Waals surface area contributed by atoms with E-state index in [0.717, 1.165) is 5.56 Å². The number of rotatable bonds is 4. The molecule has 2 N–H and O–H groups in total. The molecule has 4 nitrogen and oxygen atoms in total. The van der Waals surface area contributed by atoms with Crippen LogP contribution in [0.2, 0.25) is 0 Å². The van der Waals surface area contributed by atoms with Crippen LogP contribution in [0, 0.1) is 0 Å². The molecule has 1 unspecified atom stereocenters. The van der Waals surface area contributed by atoms with E-state index in [0.29, 0.717) is 6.54 Å². The first kappa shape index (κ1) is 10.7. The van der Waals surface area contributed by atoms with E-state index in [1.54, 1.807) is 12.4 Å². The third kappa shape index (κ3) is 3.14. The predicted octanol–water partition coefficient (Wildman–Crippen LogP) is 0.478. The second-order valence-corrected chi connectivity index (χ2v) is 3.06. The molecule has 0 spiro atoms. The monoisotopic (exact) mass is 193 g/mol. The number of pyridine rings is 1. The normalized spacial score (nSPS) is 12.1. The van der Waals surface area contributed by atoms with Crippen LogP contribution in [0.3, 0.4) is 0 Å². The fourth-order valence-corrected chi connectivity index (χ4v) is 1.21. The standard InChI is InChI=1S/C10H15N3O/c1-8(14)13-7-10(11-2)9-4-3-5-12-6-9/h3-6,10-11H,7H2,1-2H3,(H,13,14). The lowest BCUT2D eigenvalue weighted by Gasteiger charge is -2.16. The summed E-state index contributed by atoms with van der Waals surface area (Å²) in [5.41, 5.74) is 1.07. The maximum Gasteiger partial charge on any atom is 0.216 e. The summed E-state index contributed by atoms with van der Waals surface area (Å²) >= 11 is 0. The van der Waals surface area contributed by atoms with Crippen molar-refractivity contribution in [1.29, 1.82) is 0 Å². The Morgan fingerprint density at radius 2 is 2.43 bits per heavy atom. The van der Waals surface area contributed by atoms with Gasteiger partial charge in [0, 0.05) is 25.9 Å². The molecule has 76 valence electrons. The van der Waals surface area contributed by atoms with E-state index in [1.165, 1.54) is 6.92 Å². The molecule has 1 rings (SSSR count). The summed E-state index contributed by atoms with van der Waals surface area (Å²) in [4.78, 5) is 14.8. The van der Waals surface area contributed by atoms with Crippen molar-refractivity contribution in [1.82, 2.24) is 15.6 Å². The molecule has 1 amide bonds. The lowest BCUT2D eigenvalue weighted by atomic mass is 10.1. The van der Waals surface area contributed by atoms with Crippen molar-refractivity contribution in [2.75, 3.05) is 13.6 Å². The van der Waals surface area contributed by atoms with E-state index in [1.807, 2.05) is 19.2 Å². The highest BCUT2D eigenvalue weighted by atomic mass is 16.1. The quantitative estimate of drug-likeness (QED) is 0.731. The van der Waals surface area contributed by atoms with Gasteiger partial charge in [0.25, 0.3) is 0 Å². The van der Waals surface area contributed by atoms with Gasteiger partial charge >= 0.3 is 0 Å². The minimum atomic E-state index is -0.0193. The van der Waals surface area contributed by atoms with Crippen molar-refractivity contribution < 1.29 is 4.79 Å². The molecule has 0 bridgehead atoms. The first-order valence-electron chi connectivity index (χ1n) is 4.55. The molecule has 0 aromatic carbocycles. The van der Waals surface area contributed by atoms with Crippen molar-refractivity contribution >= 4 is 5.91 Å². The largest absolute Gasteiger partial charge is 0.354 e. The summed E-state index contributed by atoms with van der Waals surface area (Å²) in [6, 6.07) is 3.98. The zero-order valence-electron chi connectivity index (χ0n) is 8.45. The Morgan fingerprint density at radius 3 is 2.93 bits per heavy atom. The van der Waals surface area contributed by atoms with Crippen LogP contribution in [-0.2, 0) is 4.79 Å². The highest BCUT2D eigenvalue weighted by Crippen LogP contribution is 2.08. The summed E-state index contributed by atoms with van der Waals surface area (Å²) in [7, 11) is 1.86. The Bertz CT molecular complexity index is 287. The zero-order chi connectivity index (χ0) is 10.4.